The SMILES string of the molecule is CC(C)n1cnnc1SCC(=O)Nc1ccc([N+](=O)[O-])cc1Cl. The molecule has 0 saturated carbocycles. The minimum atomic E-state index is -0.550. The Hall–Kier alpha value is -2.13. The number of hydrogen-bond donors (Lipinski definition) is 1. The second kappa shape index (κ2) is 7.42. The van der Waals surface area contributed by atoms with Crippen molar-refractivity contribution in [3.63, 3.8) is 0 Å². The summed E-state index contributed by atoms with van der Waals surface area (Å²) in [5.74, 6) is -0.164. The Kier molecular flexibility index (Phi) is 5.56. The summed E-state index contributed by atoms with van der Waals surface area (Å²) in [5, 5.41) is 21.8. The first-order valence-electron chi connectivity index (χ1n) is 6.64. The highest BCUT2D eigenvalue weighted by Crippen LogP contribution is 2.27. The number of amides is 1. The summed E-state index contributed by atoms with van der Waals surface area (Å²) in [6, 6.07) is 4.07. The number of nitrogens with one attached hydrogen (secondary N) is 1. The number of thioether (sulfide) groups is 1. The quantitative estimate of drug-likeness (QED) is 0.485. The zero-order valence-corrected chi connectivity index (χ0v) is 14.0. The zero-order valence-electron chi connectivity index (χ0n) is 12.4. The minimum absolute atomic E-state index is 0.114. The molecule has 0 radical (unpaired) electrons. The van der Waals surface area contributed by atoms with E-state index in [1.165, 1.54) is 30.0 Å². The first kappa shape index (κ1) is 17.2. The molecule has 0 fully saturated rings. The molecule has 0 atom stereocenters. The van der Waals surface area contributed by atoms with Crippen LogP contribution >= 0.6 is 23.4 Å². The predicted molar refractivity (Wildman–Crippen MR) is 87.9 cm³/mol. The number of aromatic nitrogens is 3. The molecule has 0 spiro atoms. The van der Waals surface area contributed by atoms with Gasteiger partial charge in [-0.3, -0.25) is 14.9 Å². The summed E-state index contributed by atoms with van der Waals surface area (Å²) in [6.07, 6.45) is 1.61. The van der Waals surface area contributed by atoms with Crippen LogP contribution < -0.4 is 5.32 Å². The molecule has 122 valence electrons. The van der Waals surface area contributed by atoms with Crippen LogP contribution in [0.3, 0.4) is 0 Å². The molecule has 1 N–H and O–H groups in total. The Morgan fingerprint density at radius 3 is 2.87 bits per heavy atom. The van der Waals surface area contributed by atoms with Crippen LogP contribution in [0, 0.1) is 10.1 Å². The Labute approximate surface area is 141 Å². The molecule has 0 saturated heterocycles. The van der Waals surface area contributed by atoms with Crippen molar-refractivity contribution < 1.29 is 9.72 Å². The predicted octanol–water partition coefficient (Wildman–Crippen LogP) is 3.15. The van der Waals surface area contributed by atoms with Gasteiger partial charge in [0.1, 0.15) is 6.33 Å². The van der Waals surface area contributed by atoms with E-state index in [0.717, 1.165) is 0 Å². The number of rotatable bonds is 6. The fourth-order valence-electron chi connectivity index (χ4n) is 1.72. The first-order valence-corrected chi connectivity index (χ1v) is 8.01. The second-order valence-corrected chi connectivity index (χ2v) is 6.22. The molecule has 0 aliphatic heterocycles. The summed E-state index contributed by atoms with van der Waals surface area (Å²) < 4.78 is 1.86. The highest BCUT2D eigenvalue weighted by molar-refractivity contribution is 7.99. The number of halogens is 1. The van der Waals surface area contributed by atoms with Gasteiger partial charge >= 0.3 is 0 Å². The zero-order chi connectivity index (χ0) is 17.0. The maximum absolute atomic E-state index is 12.0. The van der Waals surface area contributed by atoms with E-state index in [0.29, 0.717) is 10.8 Å². The van der Waals surface area contributed by atoms with Crippen molar-refractivity contribution in [1.82, 2.24) is 14.8 Å². The Balaban J connectivity index is 1.97. The maximum Gasteiger partial charge on any atom is 0.271 e. The van der Waals surface area contributed by atoms with Gasteiger partial charge in [-0.1, -0.05) is 23.4 Å². The van der Waals surface area contributed by atoms with Crippen LogP contribution in [0.4, 0.5) is 11.4 Å². The molecule has 1 heterocycles. The van der Waals surface area contributed by atoms with Crippen LogP contribution in [0.5, 0.6) is 0 Å². The average molecular weight is 356 g/mol. The third-order valence-electron chi connectivity index (χ3n) is 2.87. The van der Waals surface area contributed by atoms with Crippen molar-refractivity contribution in [2.24, 2.45) is 0 Å². The molecular weight excluding hydrogens is 342 g/mol. The number of hydrogen-bond acceptors (Lipinski definition) is 6. The molecule has 0 aliphatic carbocycles. The number of nitrogens with zero attached hydrogens (tertiary/aromatic N) is 4. The average Bonchev–Trinajstić information content (AvgIpc) is 2.95. The van der Waals surface area contributed by atoms with Crippen LogP contribution in [0.25, 0.3) is 0 Å². The van der Waals surface area contributed by atoms with E-state index < -0.39 is 4.92 Å². The lowest BCUT2D eigenvalue weighted by atomic mass is 10.3. The molecule has 1 aromatic heterocycles. The molecule has 1 amide bonds. The first-order chi connectivity index (χ1) is 10.9. The number of nitro benzene ring substituents is 1. The number of nitro groups is 1. The van der Waals surface area contributed by atoms with Gasteiger partial charge in [0, 0.05) is 18.2 Å². The largest absolute Gasteiger partial charge is 0.324 e. The van der Waals surface area contributed by atoms with E-state index in [1.54, 1.807) is 6.33 Å². The van der Waals surface area contributed by atoms with Crippen molar-refractivity contribution in [2.45, 2.75) is 25.0 Å². The van der Waals surface area contributed by atoms with Crippen molar-refractivity contribution in [2.75, 3.05) is 11.1 Å². The summed E-state index contributed by atoms with van der Waals surface area (Å²) in [4.78, 5) is 22.1. The Bertz CT molecular complexity index is 734. The Morgan fingerprint density at radius 2 is 2.26 bits per heavy atom. The summed E-state index contributed by atoms with van der Waals surface area (Å²) in [6.45, 7) is 3.98. The monoisotopic (exact) mass is 355 g/mol. The number of carbonyl (C=O) groups is 1. The molecule has 0 aliphatic rings. The van der Waals surface area contributed by atoms with E-state index in [2.05, 4.69) is 15.5 Å². The smallest absolute Gasteiger partial charge is 0.271 e. The lowest BCUT2D eigenvalue weighted by Crippen LogP contribution is -2.15. The molecule has 2 rings (SSSR count). The van der Waals surface area contributed by atoms with Gasteiger partial charge in [-0.25, -0.2) is 0 Å². The van der Waals surface area contributed by atoms with Gasteiger partial charge in [0.2, 0.25) is 5.91 Å². The lowest BCUT2D eigenvalue weighted by molar-refractivity contribution is -0.384. The maximum atomic E-state index is 12.0. The van der Waals surface area contributed by atoms with Crippen molar-refractivity contribution in [3.05, 3.63) is 39.7 Å². The molecule has 1 aromatic carbocycles. The molecule has 10 heteroatoms. The van der Waals surface area contributed by atoms with E-state index in [-0.39, 0.29) is 28.4 Å². The van der Waals surface area contributed by atoms with Crippen LogP contribution in [-0.4, -0.2) is 31.3 Å². The summed E-state index contributed by atoms with van der Waals surface area (Å²) in [7, 11) is 0. The molecule has 0 bridgehead atoms. The number of benzene rings is 1. The standard InChI is InChI=1S/C13H14ClN5O3S/c1-8(2)18-7-15-17-13(18)23-6-12(20)16-11-4-3-9(19(21)22)5-10(11)14/h3-5,7-8H,6H2,1-2H3,(H,16,20). The molecule has 23 heavy (non-hydrogen) atoms. The Morgan fingerprint density at radius 1 is 1.52 bits per heavy atom. The molecule has 8 nitrogen and oxygen atoms in total. The van der Waals surface area contributed by atoms with Crippen molar-refractivity contribution >= 4 is 40.6 Å². The normalized spacial score (nSPS) is 10.8. The third-order valence-corrected chi connectivity index (χ3v) is 4.14. The van der Waals surface area contributed by atoms with E-state index in [9.17, 15) is 14.9 Å². The van der Waals surface area contributed by atoms with Gasteiger partial charge in [0.25, 0.3) is 5.69 Å². The second-order valence-electron chi connectivity index (χ2n) is 4.87. The highest BCUT2D eigenvalue weighted by atomic mass is 35.5. The van der Waals surface area contributed by atoms with Crippen LogP contribution in [0.15, 0.2) is 29.7 Å². The number of non-ortho nitro benzene ring substituents is 1. The van der Waals surface area contributed by atoms with Crippen LogP contribution in [0.1, 0.15) is 19.9 Å². The van der Waals surface area contributed by atoms with Gasteiger partial charge in [-0.05, 0) is 19.9 Å². The van der Waals surface area contributed by atoms with E-state index in [4.69, 9.17) is 11.6 Å². The van der Waals surface area contributed by atoms with E-state index in [1.807, 2.05) is 18.4 Å². The highest BCUT2D eigenvalue weighted by Gasteiger charge is 2.13. The molecule has 2 aromatic rings. The van der Waals surface area contributed by atoms with Crippen molar-refractivity contribution in [3.8, 4) is 0 Å². The third kappa shape index (κ3) is 4.42. The van der Waals surface area contributed by atoms with Gasteiger partial charge in [0.15, 0.2) is 5.16 Å². The van der Waals surface area contributed by atoms with E-state index >= 15 is 0 Å². The number of carbonyl (C=O) groups excluding carboxylic acids is 1. The fraction of sp³-hybridized carbons (Fsp3) is 0.308. The van der Waals surface area contributed by atoms with Gasteiger partial charge < -0.3 is 9.88 Å². The van der Waals surface area contributed by atoms with Gasteiger partial charge in [-0.15, -0.1) is 10.2 Å². The minimum Gasteiger partial charge on any atom is -0.324 e. The molecule has 0 unspecified atom stereocenters. The van der Waals surface area contributed by atoms with Crippen LogP contribution in [-0.2, 0) is 4.79 Å². The fourth-order valence-corrected chi connectivity index (χ4v) is 2.79. The lowest BCUT2D eigenvalue weighted by Gasteiger charge is -2.10. The molecular formula is C13H14ClN5O3S. The summed E-state index contributed by atoms with van der Waals surface area (Å²) in [5.41, 5.74) is 0.195. The van der Waals surface area contributed by atoms with Crippen LogP contribution in [0.2, 0.25) is 5.02 Å². The van der Waals surface area contributed by atoms with Gasteiger partial charge in [0.05, 0.1) is 21.4 Å². The number of anilines is 1. The van der Waals surface area contributed by atoms with Gasteiger partial charge in [-0.2, -0.15) is 0 Å². The summed E-state index contributed by atoms with van der Waals surface area (Å²) >= 11 is 7.18. The topological polar surface area (TPSA) is 103 Å². The van der Waals surface area contributed by atoms with Crippen molar-refractivity contribution in [1.29, 1.82) is 0 Å².